The van der Waals surface area contributed by atoms with Gasteiger partial charge < -0.3 is 15.2 Å². The summed E-state index contributed by atoms with van der Waals surface area (Å²) in [5, 5.41) is 0.851. The first kappa shape index (κ1) is 12.1. The van der Waals surface area contributed by atoms with Gasteiger partial charge in [-0.05, 0) is 25.1 Å². The van der Waals surface area contributed by atoms with Crippen LogP contribution in [0.1, 0.15) is 5.56 Å². The quantitative estimate of drug-likeness (QED) is 0.848. The molecular formula is C13H13N3O2S. The average Bonchev–Trinajstić information content (AvgIpc) is 2.44. The predicted octanol–water partition coefficient (Wildman–Crippen LogP) is 2.29. The lowest BCUT2D eigenvalue weighted by atomic mass is 10.3. The second kappa shape index (κ2) is 4.97. The third kappa shape index (κ3) is 2.44. The molecule has 0 saturated carbocycles. The molecule has 1 aliphatic rings. The van der Waals surface area contributed by atoms with Crippen LogP contribution < -0.4 is 15.2 Å². The van der Waals surface area contributed by atoms with E-state index in [1.165, 1.54) is 18.1 Å². The highest BCUT2D eigenvalue weighted by molar-refractivity contribution is 7.99. The molecule has 0 spiro atoms. The molecule has 2 heterocycles. The lowest BCUT2D eigenvalue weighted by Crippen LogP contribution is -2.15. The van der Waals surface area contributed by atoms with Gasteiger partial charge in [0, 0.05) is 10.5 Å². The maximum Gasteiger partial charge on any atom is 0.162 e. The molecule has 3 rings (SSSR count). The Labute approximate surface area is 115 Å². The smallest absolute Gasteiger partial charge is 0.162 e. The lowest BCUT2D eigenvalue weighted by molar-refractivity contribution is 0.171. The van der Waals surface area contributed by atoms with Gasteiger partial charge in [-0.3, -0.25) is 0 Å². The van der Waals surface area contributed by atoms with Crippen molar-refractivity contribution in [3.8, 4) is 11.5 Å². The monoisotopic (exact) mass is 275 g/mol. The molecule has 0 fully saturated rings. The van der Waals surface area contributed by atoms with Crippen LogP contribution in [0, 0.1) is 6.92 Å². The predicted molar refractivity (Wildman–Crippen MR) is 72.7 cm³/mol. The van der Waals surface area contributed by atoms with E-state index in [2.05, 4.69) is 9.97 Å². The number of rotatable bonds is 2. The van der Waals surface area contributed by atoms with Gasteiger partial charge in [0.05, 0.1) is 0 Å². The van der Waals surface area contributed by atoms with E-state index in [1.54, 1.807) is 0 Å². The Bertz CT molecular complexity index is 619. The first-order valence-electron chi connectivity index (χ1n) is 5.88. The number of nitrogens with zero attached hydrogens (tertiary/aromatic N) is 2. The van der Waals surface area contributed by atoms with Gasteiger partial charge in [0.2, 0.25) is 0 Å². The molecule has 0 atom stereocenters. The van der Waals surface area contributed by atoms with E-state index in [1.807, 2.05) is 25.1 Å². The molecule has 0 aliphatic carbocycles. The van der Waals surface area contributed by atoms with Crippen molar-refractivity contribution in [3.05, 3.63) is 30.1 Å². The Balaban J connectivity index is 1.89. The Hall–Kier alpha value is -1.95. The Kier molecular flexibility index (Phi) is 3.16. The van der Waals surface area contributed by atoms with E-state index in [4.69, 9.17) is 15.2 Å². The molecule has 1 aliphatic heterocycles. The summed E-state index contributed by atoms with van der Waals surface area (Å²) in [4.78, 5) is 9.24. The Morgan fingerprint density at radius 1 is 1.16 bits per heavy atom. The van der Waals surface area contributed by atoms with Crippen LogP contribution in [-0.2, 0) is 0 Å². The van der Waals surface area contributed by atoms with Gasteiger partial charge in [-0.2, -0.15) is 0 Å². The second-order valence-electron chi connectivity index (χ2n) is 4.10. The maximum absolute atomic E-state index is 5.78. The minimum absolute atomic E-state index is 0.509. The van der Waals surface area contributed by atoms with Crippen LogP contribution >= 0.6 is 11.8 Å². The van der Waals surface area contributed by atoms with Crippen molar-refractivity contribution in [3.63, 3.8) is 0 Å². The molecular weight excluding hydrogens is 262 g/mol. The summed E-state index contributed by atoms with van der Waals surface area (Å²) >= 11 is 1.53. The number of fused-ring (bicyclic) bond motifs is 1. The molecule has 98 valence electrons. The third-order valence-electron chi connectivity index (χ3n) is 2.80. The third-order valence-corrected chi connectivity index (χ3v) is 3.90. The number of nitrogen functional groups attached to an aromatic ring is 1. The van der Waals surface area contributed by atoms with E-state index in [0.717, 1.165) is 27.0 Å². The van der Waals surface area contributed by atoms with E-state index in [9.17, 15) is 0 Å². The summed E-state index contributed by atoms with van der Waals surface area (Å²) in [5.74, 6) is 2.07. The highest BCUT2D eigenvalue weighted by atomic mass is 32.2. The van der Waals surface area contributed by atoms with E-state index in [-0.39, 0.29) is 0 Å². The zero-order valence-corrected chi connectivity index (χ0v) is 11.2. The van der Waals surface area contributed by atoms with E-state index in [0.29, 0.717) is 19.0 Å². The van der Waals surface area contributed by atoms with Gasteiger partial charge >= 0.3 is 0 Å². The van der Waals surface area contributed by atoms with Crippen molar-refractivity contribution in [2.75, 3.05) is 18.9 Å². The SMILES string of the molecule is Cc1c(N)ncnc1Sc1ccc2c(c1)OCCO2. The van der Waals surface area contributed by atoms with Gasteiger partial charge in [-0.1, -0.05) is 11.8 Å². The molecule has 0 radical (unpaired) electrons. The number of hydrogen-bond acceptors (Lipinski definition) is 6. The van der Waals surface area contributed by atoms with E-state index >= 15 is 0 Å². The van der Waals surface area contributed by atoms with E-state index < -0.39 is 0 Å². The zero-order valence-electron chi connectivity index (χ0n) is 10.4. The highest BCUT2D eigenvalue weighted by Gasteiger charge is 2.13. The lowest BCUT2D eigenvalue weighted by Gasteiger charge is -2.18. The van der Waals surface area contributed by atoms with Crippen LogP contribution in [0.4, 0.5) is 5.82 Å². The molecule has 1 aromatic carbocycles. The summed E-state index contributed by atoms with van der Waals surface area (Å²) in [6.07, 6.45) is 1.47. The number of ether oxygens (including phenoxy) is 2. The van der Waals surface area contributed by atoms with Crippen LogP contribution in [0.2, 0.25) is 0 Å². The van der Waals surface area contributed by atoms with Crippen LogP contribution in [0.25, 0.3) is 0 Å². The number of benzene rings is 1. The molecule has 0 saturated heterocycles. The Morgan fingerprint density at radius 3 is 2.79 bits per heavy atom. The first-order chi connectivity index (χ1) is 9.24. The van der Waals surface area contributed by atoms with Gasteiger partial charge in [0.25, 0.3) is 0 Å². The molecule has 0 unspecified atom stereocenters. The first-order valence-corrected chi connectivity index (χ1v) is 6.70. The highest BCUT2D eigenvalue weighted by Crippen LogP contribution is 2.37. The number of aromatic nitrogens is 2. The molecule has 5 nitrogen and oxygen atoms in total. The van der Waals surface area contributed by atoms with Crippen LogP contribution in [0.5, 0.6) is 11.5 Å². The molecule has 0 bridgehead atoms. The minimum Gasteiger partial charge on any atom is -0.486 e. The van der Waals surface area contributed by atoms with Crippen molar-refractivity contribution >= 4 is 17.6 Å². The van der Waals surface area contributed by atoms with Crippen LogP contribution in [0.15, 0.2) is 34.4 Å². The van der Waals surface area contributed by atoms with Gasteiger partial charge in [0.15, 0.2) is 11.5 Å². The Morgan fingerprint density at radius 2 is 1.95 bits per heavy atom. The van der Waals surface area contributed by atoms with Gasteiger partial charge in [-0.25, -0.2) is 9.97 Å². The maximum atomic E-state index is 5.78. The largest absolute Gasteiger partial charge is 0.486 e. The van der Waals surface area contributed by atoms with Crippen molar-refractivity contribution in [2.24, 2.45) is 0 Å². The zero-order chi connectivity index (χ0) is 13.2. The van der Waals surface area contributed by atoms with Crippen molar-refractivity contribution in [2.45, 2.75) is 16.8 Å². The molecule has 2 aromatic rings. The van der Waals surface area contributed by atoms with Gasteiger partial charge in [0.1, 0.15) is 30.4 Å². The molecule has 6 heteroatoms. The topological polar surface area (TPSA) is 70.3 Å². The summed E-state index contributed by atoms with van der Waals surface area (Å²) in [7, 11) is 0. The summed E-state index contributed by atoms with van der Waals surface area (Å²) in [6.45, 7) is 3.09. The standard InChI is InChI=1S/C13H13N3O2S/c1-8-12(14)15-7-16-13(8)19-9-2-3-10-11(6-9)18-5-4-17-10/h2-3,6-7H,4-5H2,1H3,(H2,14,15,16). The van der Waals surface area contributed by atoms with Gasteiger partial charge in [-0.15, -0.1) is 0 Å². The van der Waals surface area contributed by atoms with Crippen molar-refractivity contribution in [1.29, 1.82) is 0 Å². The molecule has 0 amide bonds. The number of nitrogens with two attached hydrogens (primary N) is 1. The second-order valence-corrected chi connectivity index (χ2v) is 5.16. The van der Waals surface area contributed by atoms with Crippen LogP contribution in [-0.4, -0.2) is 23.2 Å². The minimum atomic E-state index is 0.509. The fourth-order valence-electron chi connectivity index (χ4n) is 1.75. The average molecular weight is 275 g/mol. The molecule has 19 heavy (non-hydrogen) atoms. The summed E-state index contributed by atoms with van der Waals surface area (Å²) in [5.41, 5.74) is 6.67. The van der Waals surface area contributed by atoms with Crippen molar-refractivity contribution < 1.29 is 9.47 Å². The number of anilines is 1. The normalized spacial score (nSPS) is 13.3. The molecule has 1 aromatic heterocycles. The summed E-state index contributed by atoms with van der Waals surface area (Å²) < 4.78 is 11.1. The fourth-order valence-corrected chi connectivity index (χ4v) is 2.63. The van der Waals surface area contributed by atoms with Crippen molar-refractivity contribution in [1.82, 2.24) is 9.97 Å². The summed E-state index contributed by atoms with van der Waals surface area (Å²) in [6, 6.07) is 5.85. The molecule has 2 N–H and O–H groups in total. The fraction of sp³-hybridized carbons (Fsp3) is 0.231. The number of hydrogen-bond donors (Lipinski definition) is 1. The van der Waals surface area contributed by atoms with Crippen LogP contribution in [0.3, 0.4) is 0 Å².